The Morgan fingerprint density at radius 1 is 0.343 bits per heavy atom. The Bertz CT molecular complexity index is 6850. The number of nitrogens with two attached hydrogens (primary N) is 1. The Balaban J connectivity index is 0.000000127. The fraction of sp³-hybridized carbons (Fsp3) is 0.295. The number of pyridine rings is 4. The van der Waals surface area contributed by atoms with Gasteiger partial charge in [0.1, 0.15) is 99.4 Å². The van der Waals surface area contributed by atoms with E-state index in [1.807, 2.05) is 140 Å². The van der Waals surface area contributed by atoms with E-state index in [1.165, 1.54) is 32.2 Å². The van der Waals surface area contributed by atoms with Crippen molar-refractivity contribution in [2.45, 2.75) is 58.8 Å². The Hall–Kier alpha value is -14.7. The zero-order chi connectivity index (χ0) is 95.7. The van der Waals surface area contributed by atoms with E-state index < -0.39 is 42.8 Å². The molecule has 8 aromatic heterocycles. The number of phenolic OH excluding ortho intramolecular Hbond substituents is 4. The van der Waals surface area contributed by atoms with Crippen molar-refractivity contribution in [2.75, 3.05) is 145 Å². The summed E-state index contributed by atoms with van der Waals surface area (Å²) in [5.41, 5.74) is 14.6. The van der Waals surface area contributed by atoms with Gasteiger partial charge in [-0.1, -0.05) is 111 Å². The molecule has 16 aromatic rings. The van der Waals surface area contributed by atoms with Crippen molar-refractivity contribution in [1.29, 1.82) is 0 Å². The van der Waals surface area contributed by atoms with Gasteiger partial charge in [-0.3, -0.25) is 54.9 Å². The molecule has 0 spiro atoms. The molecule has 706 valence electrons. The predicted molar refractivity (Wildman–Crippen MR) is 515 cm³/mol. The van der Waals surface area contributed by atoms with Crippen molar-refractivity contribution in [3.05, 3.63) is 287 Å². The van der Waals surface area contributed by atoms with Crippen molar-refractivity contribution in [3.8, 4) is 23.0 Å². The highest BCUT2D eigenvalue weighted by atomic mass is 16.6. The molecule has 32 heteroatoms. The van der Waals surface area contributed by atoms with Crippen LogP contribution in [0.15, 0.2) is 238 Å². The largest absolute Gasteiger partial charge is 0.507 e. The van der Waals surface area contributed by atoms with Crippen LogP contribution in [0, 0.1) is 0 Å². The molecule has 2 amide bonds. The minimum Gasteiger partial charge on any atom is -0.507 e. The van der Waals surface area contributed by atoms with Gasteiger partial charge >= 0.3 is 23.9 Å². The van der Waals surface area contributed by atoms with Gasteiger partial charge in [0.2, 0.25) is 11.8 Å². The molecule has 32 nitrogen and oxygen atoms in total. The Labute approximate surface area is 788 Å². The summed E-state index contributed by atoms with van der Waals surface area (Å²) in [5, 5.41) is 63.5. The number of fused-ring (bicyclic) bond motifs is 12. The molecule has 0 radical (unpaired) electrons. The van der Waals surface area contributed by atoms with Crippen LogP contribution in [0.3, 0.4) is 0 Å². The number of hydrogen-bond acceptors (Lipinski definition) is 30. The van der Waals surface area contributed by atoms with E-state index in [2.05, 4.69) is 63.2 Å². The number of methoxy groups -OCH3 is 1. The minimum absolute atomic E-state index is 0.0184. The maximum Gasteiger partial charge on any atom is 0.344 e. The van der Waals surface area contributed by atoms with Crippen LogP contribution < -0.4 is 5.73 Å². The standard InChI is InChI=1S/C27H29N3O4.C26H26N4O5.C26H25N3O6.C26H27N3O4/c1-3-29-13-15-30(16-14-29)24(18-9-11-28-12-10-18)23-22-21(27(32)33-4-2)17-34-26(22)20-8-6-5-7-19(20)25(23)31;1-16(31)29-10-12-30(13-11-29)23(17-6-8-28-9-7-17)22-21-20(26(33)35-15-27)14-34-25(21)19-5-3-2-4-18(19)24(22)32;1-16(31)28-10-12-29(13-11-28)23(17-6-8-27-9-7-17)22-21-20(26(33)35-15-30)14-34-25(21)19-5-3-2-4-18(19)24(22)32;1-3-28-12-14-29(15-13-28)23(17-8-10-27-11-9-17)22-21-20(26(31)32-2)16-33-25(21)19-7-5-4-6-18(19)24(22)30/h5-12,17,24,31H,3-4,13-16H2,1-2H3;2-9,14,23,32H,10-13,15,27H2,1H3;2-9,14,23,30,32H,10-13,15H2,1H3;4-11,16,23,30H,3,12-15H2,1-2H3. The number of hydrogen-bond donors (Lipinski definition) is 6. The second-order valence-electron chi connectivity index (χ2n) is 33.8. The number of rotatable bonds is 21. The third kappa shape index (κ3) is 18.6. The summed E-state index contributed by atoms with van der Waals surface area (Å²) in [6, 6.07) is 43.8. The summed E-state index contributed by atoms with van der Waals surface area (Å²) < 4.78 is 44.1. The summed E-state index contributed by atoms with van der Waals surface area (Å²) in [7, 11) is 1.35. The second kappa shape index (κ2) is 42.0. The van der Waals surface area contributed by atoms with Crippen LogP contribution in [0.25, 0.3) is 87.0 Å². The van der Waals surface area contributed by atoms with E-state index in [9.17, 15) is 54.3 Å². The molecule has 4 saturated heterocycles. The number of amides is 2. The molecule has 0 saturated carbocycles. The SMILES string of the molecule is CC(=O)N1CCN(C(c2ccncc2)c2c(O)c3ccccc3c3occ(C(=O)OCN)c23)CC1.CC(=O)N1CCN(C(c2ccncc2)c2c(O)c3ccccc3c3occ(C(=O)OCO)c23)CC1.CCN1CCN(C(c2ccncc2)c2c(O)c3ccccc3c3occ(C(=O)OC)c23)CC1.CCOC(=O)c1coc2c1c(C(c1ccncc1)N1CCN(CC)CC1)c(O)c1ccccc12. The molecule has 4 fully saturated rings. The number of piperazine rings is 4. The number of aliphatic hydroxyl groups is 1. The molecule has 7 N–H and O–H groups in total. The Morgan fingerprint density at radius 2 is 0.584 bits per heavy atom. The van der Waals surface area contributed by atoms with Crippen LogP contribution in [-0.4, -0.2) is 265 Å². The summed E-state index contributed by atoms with van der Waals surface area (Å²) in [6.45, 7) is 22.0. The molecule has 4 aliphatic heterocycles. The first-order valence-corrected chi connectivity index (χ1v) is 45.8. The summed E-state index contributed by atoms with van der Waals surface area (Å²) in [4.78, 5) is 109. The van der Waals surface area contributed by atoms with Gasteiger partial charge in [0, 0.05) is 255 Å². The van der Waals surface area contributed by atoms with Crippen molar-refractivity contribution in [2.24, 2.45) is 5.73 Å². The number of esters is 4. The zero-order valence-corrected chi connectivity index (χ0v) is 76.8. The average Bonchev–Trinajstić information content (AvgIpc) is 1.65. The number of phenols is 4. The molecule has 4 unspecified atom stereocenters. The van der Waals surface area contributed by atoms with Gasteiger partial charge in [-0.25, -0.2) is 19.2 Å². The summed E-state index contributed by atoms with van der Waals surface area (Å²) in [5.74, 6) is -1.87. The molecule has 12 heterocycles. The van der Waals surface area contributed by atoms with Crippen molar-refractivity contribution < 1.29 is 90.9 Å². The fourth-order valence-electron chi connectivity index (χ4n) is 19.9. The Kier molecular flexibility index (Phi) is 28.9. The highest BCUT2D eigenvalue weighted by Gasteiger charge is 2.41. The highest BCUT2D eigenvalue weighted by Crippen LogP contribution is 2.53. The number of aromatic nitrogens is 4. The number of ether oxygens (including phenoxy) is 4. The average molecular weight is 1860 g/mol. The lowest BCUT2D eigenvalue weighted by Crippen LogP contribution is -2.49. The normalized spacial score (nSPS) is 15.8. The molecule has 137 heavy (non-hydrogen) atoms. The lowest BCUT2D eigenvalue weighted by atomic mass is 9.89. The molecule has 8 aromatic carbocycles. The van der Waals surface area contributed by atoms with Gasteiger partial charge in [-0.15, -0.1) is 0 Å². The van der Waals surface area contributed by atoms with E-state index in [1.54, 1.807) is 86.2 Å². The first kappa shape index (κ1) is 94.0. The molecule has 0 bridgehead atoms. The number of carbonyl (C=O) groups is 6. The van der Waals surface area contributed by atoms with Gasteiger partial charge in [-0.05, 0) is 90.8 Å². The lowest BCUT2D eigenvalue weighted by Gasteiger charge is -2.40. The molecular weight excluding hydrogens is 1750 g/mol. The number of benzene rings is 8. The van der Waals surface area contributed by atoms with Crippen LogP contribution in [0.4, 0.5) is 0 Å². The van der Waals surface area contributed by atoms with E-state index in [0.29, 0.717) is 162 Å². The first-order chi connectivity index (χ1) is 66.8. The van der Waals surface area contributed by atoms with Gasteiger partial charge in [-0.2, -0.15) is 0 Å². The predicted octanol–water partition coefficient (Wildman–Crippen LogP) is 14.9. The van der Waals surface area contributed by atoms with Crippen molar-refractivity contribution >= 4 is 123 Å². The van der Waals surface area contributed by atoms with Crippen LogP contribution in [0.5, 0.6) is 23.0 Å². The number of likely N-dealkylation sites (N-methyl/N-ethyl adjacent to an activating group) is 2. The van der Waals surface area contributed by atoms with Gasteiger partial charge in [0.25, 0.3) is 0 Å². The molecule has 20 rings (SSSR count). The number of nitrogens with zero attached hydrogens (tertiary/aromatic N) is 12. The summed E-state index contributed by atoms with van der Waals surface area (Å²) in [6.07, 6.45) is 19.4. The minimum atomic E-state index is -0.777. The molecular formula is C105H107N13O19. The van der Waals surface area contributed by atoms with E-state index in [0.717, 1.165) is 98.5 Å². The van der Waals surface area contributed by atoms with Crippen LogP contribution >= 0.6 is 0 Å². The number of aliphatic hydroxyl groups excluding tert-OH is 1. The van der Waals surface area contributed by atoms with Gasteiger partial charge < -0.3 is 81.7 Å². The third-order valence-corrected chi connectivity index (χ3v) is 26.6. The topological polar surface area (TPSA) is 397 Å². The molecule has 0 aliphatic carbocycles. The Morgan fingerprint density at radius 3 is 0.818 bits per heavy atom. The maximum absolute atomic E-state index is 12.9. The first-order valence-electron chi connectivity index (χ1n) is 45.8. The van der Waals surface area contributed by atoms with Gasteiger partial charge in [0.15, 0.2) is 6.79 Å². The number of aromatic hydroxyl groups is 4. The number of furan rings is 4. The molecule has 4 aliphatic rings. The highest BCUT2D eigenvalue weighted by molar-refractivity contribution is 6.20. The quantitative estimate of drug-likeness (QED) is 0.0221. The van der Waals surface area contributed by atoms with Crippen LogP contribution in [-0.2, 0) is 28.5 Å². The lowest BCUT2D eigenvalue weighted by molar-refractivity contribution is -0.131. The smallest absolute Gasteiger partial charge is 0.344 e. The third-order valence-electron chi connectivity index (χ3n) is 26.6. The molecule has 4 atom stereocenters. The number of carbonyl (C=O) groups excluding carboxylic acids is 6. The van der Waals surface area contributed by atoms with E-state index in [4.69, 9.17) is 42.3 Å². The van der Waals surface area contributed by atoms with Crippen LogP contribution in [0.2, 0.25) is 0 Å². The van der Waals surface area contributed by atoms with E-state index >= 15 is 0 Å². The van der Waals surface area contributed by atoms with E-state index in [-0.39, 0.29) is 71.4 Å². The van der Waals surface area contributed by atoms with Gasteiger partial charge in [0.05, 0.1) is 37.9 Å². The summed E-state index contributed by atoms with van der Waals surface area (Å²) >= 11 is 0. The van der Waals surface area contributed by atoms with Crippen LogP contribution in [0.1, 0.15) is 145 Å². The van der Waals surface area contributed by atoms with Crippen molar-refractivity contribution in [1.82, 2.24) is 59.1 Å². The second-order valence-corrected chi connectivity index (χ2v) is 33.8. The van der Waals surface area contributed by atoms with Crippen molar-refractivity contribution in [3.63, 3.8) is 0 Å². The monoisotopic (exact) mass is 1850 g/mol. The fourth-order valence-corrected chi connectivity index (χ4v) is 19.9. The maximum atomic E-state index is 12.9. The zero-order valence-electron chi connectivity index (χ0n) is 76.8.